The SMILES string of the molecule is O=C1NC2(CCCC2)C(=O)N1CCCC(=O)N1CCCc2cc(C(F)(F)F)ccc21. The first kappa shape index (κ1) is 20.7. The third-order valence-corrected chi connectivity index (χ3v) is 6.30. The zero-order valence-electron chi connectivity index (χ0n) is 16.6. The second-order valence-electron chi connectivity index (χ2n) is 8.27. The van der Waals surface area contributed by atoms with Gasteiger partial charge in [-0.1, -0.05) is 12.8 Å². The highest BCUT2D eigenvalue weighted by Gasteiger charge is 2.52. The molecule has 1 aromatic rings. The molecule has 1 saturated heterocycles. The molecular weight excluding hydrogens is 399 g/mol. The first-order valence-corrected chi connectivity index (χ1v) is 10.4. The highest BCUT2D eigenvalue weighted by atomic mass is 19.4. The molecule has 0 unspecified atom stereocenters. The summed E-state index contributed by atoms with van der Waals surface area (Å²) in [5.74, 6) is -0.418. The van der Waals surface area contributed by atoms with Gasteiger partial charge in [-0.15, -0.1) is 0 Å². The number of anilines is 1. The minimum absolute atomic E-state index is 0.116. The zero-order valence-corrected chi connectivity index (χ0v) is 16.6. The number of urea groups is 1. The average Bonchev–Trinajstić information content (AvgIpc) is 3.26. The average molecular weight is 423 g/mol. The molecule has 1 saturated carbocycles. The van der Waals surface area contributed by atoms with Crippen LogP contribution in [0.3, 0.4) is 0 Å². The summed E-state index contributed by atoms with van der Waals surface area (Å²) in [4.78, 5) is 40.3. The van der Waals surface area contributed by atoms with Crippen LogP contribution in [0.4, 0.5) is 23.7 Å². The topological polar surface area (TPSA) is 69.7 Å². The van der Waals surface area contributed by atoms with Crippen molar-refractivity contribution in [2.75, 3.05) is 18.0 Å². The van der Waals surface area contributed by atoms with E-state index in [0.717, 1.165) is 25.0 Å². The van der Waals surface area contributed by atoms with Crippen molar-refractivity contribution in [3.63, 3.8) is 0 Å². The van der Waals surface area contributed by atoms with E-state index in [4.69, 9.17) is 0 Å². The lowest BCUT2D eigenvalue weighted by Gasteiger charge is -2.30. The number of halogens is 3. The normalized spacial score (nSPS) is 20.6. The molecule has 1 N–H and O–H groups in total. The smallest absolute Gasteiger partial charge is 0.323 e. The molecule has 4 rings (SSSR count). The molecule has 2 fully saturated rings. The molecule has 3 aliphatic rings. The van der Waals surface area contributed by atoms with E-state index in [9.17, 15) is 27.6 Å². The molecule has 1 aliphatic carbocycles. The second kappa shape index (κ2) is 7.59. The molecule has 4 amide bonds. The number of imide groups is 1. The molecule has 0 aromatic heterocycles. The Morgan fingerprint density at radius 3 is 2.57 bits per heavy atom. The highest BCUT2D eigenvalue weighted by molar-refractivity contribution is 6.07. The molecule has 1 spiro atoms. The van der Waals surface area contributed by atoms with Crippen LogP contribution in [-0.4, -0.2) is 41.4 Å². The number of hydrogen-bond donors (Lipinski definition) is 1. The van der Waals surface area contributed by atoms with Gasteiger partial charge in [-0.25, -0.2) is 4.79 Å². The number of rotatable bonds is 4. The Hall–Kier alpha value is -2.58. The quantitative estimate of drug-likeness (QED) is 0.752. The summed E-state index contributed by atoms with van der Waals surface area (Å²) in [7, 11) is 0. The van der Waals surface area contributed by atoms with E-state index < -0.39 is 23.3 Å². The number of carbonyl (C=O) groups is 3. The molecule has 30 heavy (non-hydrogen) atoms. The van der Waals surface area contributed by atoms with Crippen LogP contribution in [0.2, 0.25) is 0 Å². The minimum atomic E-state index is -4.42. The van der Waals surface area contributed by atoms with E-state index in [0.29, 0.717) is 49.9 Å². The van der Waals surface area contributed by atoms with Crippen molar-refractivity contribution in [2.45, 2.75) is 63.1 Å². The van der Waals surface area contributed by atoms with Gasteiger partial charge in [0, 0.05) is 25.2 Å². The van der Waals surface area contributed by atoms with Crippen LogP contribution in [0.15, 0.2) is 18.2 Å². The Labute approximate surface area is 172 Å². The van der Waals surface area contributed by atoms with Crippen LogP contribution >= 0.6 is 0 Å². The summed E-state index contributed by atoms with van der Waals surface area (Å²) < 4.78 is 38.9. The van der Waals surface area contributed by atoms with Crippen LogP contribution in [0, 0.1) is 0 Å². The van der Waals surface area contributed by atoms with E-state index in [2.05, 4.69) is 5.32 Å². The Morgan fingerprint density at radius 2 is 1.87 bits per heavy atom. The number of alkyl halides is 3. The third-order valence-electron chi connectivity index (χ3n) is 6.30. The fourth-order valence-electron chi connectivity index (χ4n) is 4.75. The largest absolute Gasteiger partial charge is 0.416 e. The van der Waals surface area contributed by atoms with E-state index >= 15 is 0 Å². The van der Waals surface area contributed by atoms with Crippen molar-refractivity contribution in [2.24, 2.45) is 0 Å². The first-order chi connectivity index (χ1) is 14.2. The summed E-state index contributed by atoms with van der Waals surface area (Å²) in [5.41, 5.74) is -0.445. The predicted molar refractivity (Wildman–Crippen MR) is 103 cm³/mol. The van der Waals surface area contributed by atoms with Crippen molar-refractivity contribution in [3.8, 4) is 0 Å². The van der Waals surface area contributed by atoms with Gasteiger partial charge in [0.15, 0.2) is 0 Å². The molecule has 162 valence electrons. The van der Waals surface area contributed by atoms with Gasteiger partial charge in [0.25, 0.3) is 5.91 Å². The molecule has 9 heteroatoms. The minimum Gasteiger partial charge on any atom is -0.323 e. The lowest BCUT2D eigenvalue weighted by atomic mass is 9.98. The summed E-state index contributed by atoms with van der Waals surface area (Å²) in [6, 6.07) is 3.07. The maximum Gasteiger partial charge on any atom is 0.416 e. The van der Waals surface area contributed by atoms with Gasteiger partial charge in [-0.05, 0) is 55.9 Å². The summed E-state index contributed by atoms with van der Waals surface area (Å²) in [6.45, 7) is 0.606. The van der Waals surface area contributed by atoms with E-state index in [-0.39, 0.29) is 24.8 Å². The lowest BCUT2D eigenvalue weighted by Crippen LogP contribution is -2.44. The number of fused-ring (bicyclic) bond motifs is 1. The van der Waals surface area contributed by atoms with E-state index in [1.165, 1.54) is 15.9 Å². The standard InChI is InChI=1S/C21H24F3N3O3/c22-21(23,24)15-7-8-16-14(13-15)5-3-11-26(16)17(28)6-4-12-27-18(29)20(25-19(27)30)9-1-2-10-20/h7-8,13H,1-6,9-12H2,(H,25,30). The van der Waals surface area contributed by atoms with Gasteiger partial charge in [0.05, 0.1) is 5.56 Å². The van der Waals surface area contributed by atoms with Gasteiger partial charge in [0.2, 0.25) is 5.91 Å². The van der Waals surface area contributed by atoms with Gasteiger partial charge in [-0.2, -0.15) is 13.2 Å². The van der Waals surface area contributed by atoms with Crippen LogP contribution in [-0.2, 0) is 22.2 Å². The fourth-order valence-corrected chi connectivity index (χ4v) is 4.75. The summed E-state index contributed by atoms with van der Waals surface area (Å²) in [5, 5.41) is 2.81. The highest BCUT2D eigenvalue weighted by Crippen LogP contribution is 2.36. The molecule has 6 nitrogen and oxygen atoms in total. The van der Waals surface area contributed by atoms with Crippen LogP contribution < -0.4 is 10.2 Å². The number of carbonyl (C=O) groups excluding carboxylic acids is 3. The number of nitrogens with one attached hydrogen (secondary N) is 1. The maximum absolute atomic E-state index is 13.0. The number of aryl methyl sites for hydroxylation is 1. The molecule has 1 aromatic carbocycles. The van der Waals surface area contributed by atoms with Crippen molar-refractivity contribution in [1.82, 2.24) is 10.2 Å². The van der Waals surface area contributed by atoms with Gasteiger partial charge in [-0.3, -0.25) is 14.5 Å². The number of hydrogen-bond acceptors (Lipinski definition) is 3. The fraction of sp³-hybridized carbons (Fsp3) is 0.571. The Morgan fingerprint density at radius 1 is 1.13 bits per heavy atom. The monoisotopic (exact) mass is 423 g/mol. The molecule has 2 aliphatic heterocycles. The van der Waals surface area contributed by atoms with Crippen molar-refractivity contribution >= 4 is 23.5 Å². The molecule has 2 heterocycles. The number of benzene rings is 1. The molecule has 0 atom stereocenters. The van der Waals surface area contributed by atoms with Crippen LogP contribution in [0.1, 0.15) is 56.1 Å². The van der Waals surface area contributed by atoms with Gasteiger partial charge in [0.1, 0.15) is 5.54 Å². The van der Waals surface area contributed by atoms with Crippen molar-refractivity contribution in [3.05, 3.63) is 29.3 Å². The molecule has 0 bridgehead atoms. The first-order valence-electron chi connectivity index (χ1n) is 10.4. The summed E-state index contributed by atoms with van der Waals surface area (Å²) >= 11 is 0. The Balaban J connectivity index is 1.38. The summed E-state index contributed by atoms with van der Waals surface area (Å²) in [6.07, 6.45) is 0.218. The van der Waals surface area contributed by atoms with Crippen LogP contribution in [0.5, 0.6) is 0 Å². The van der Waals surface area contributed by atoms with E-state index in [1.54, 1.807) is 0 Å². The third kappa shape index (κ3) is 3.65. The number of nitrogens with zero attached hydrogens (tertiary/aromatic N) is 2. The van der Waals surface area contributed by atoms with Crippen molar-refractivity contribution < 1.29 is 27.6 Å². The zero-order chi connectivity index (χ0) is 21.5. The Kier molecular flexibility index (Phi) is 5.23. The van der Waals surface area contributed by atoms with Crippen molar-refractivity contribution in [1.29, 1.82) is 0 Å². The second-order valence-corrected chi connectivity index (χ2v) is 8.27. The Bertz CT molecular complexity index is 878. The van der Waals surface area contributed by atoms with Gasteiger partial charge < -0.3 is 10.2 Å². The van der Waals surface area contributed by atoms with E-state index in [1.807, 2.05) is 0 Å². The lowest BCUT2D eigenvalue weighted by molar-refractivity contribution is -0.137. The number of amides is 4. The molecular formula is C21H24F3N3O3. The van der Waals surface area contributed by atoms with Gasteiger partial charge >= 0.3 is 12.2 Å². The molecule has 0 radical (unpaired) electrons. The van der Waals surface area contributed by atoms with Crippen LogP contribution in [0.25, 0.3) is 0 Å². The maximum atomic E-state index is 13.0. The predicted octanol–water partition coefficient (Wildman–Crippen LogP) is 3.63.